The average molecular weight is 282 g/mol. The van der Waals surface area contributed by atoms with Crippen LogP contribution in [0.5, 0.6) is 0 Å². The van der Waals surface area contributed by atoms with Gasteiger partial charge in [0.2, 0.25) is 0 Å². The second-order valence-electron chi connectivity index (χ2n) is 6.02. The van der Waals surface area contributed by atoms with Crippen molar-refractivity contribution in [1.29, 1.82) is 0 Å². The van der Waals surface area contributed by atoms with Crippen LogP contribution in [0.4, 0.5) is 0 Å². The van der Waals surface area contributed by atoms with Crippen molar-refractivity contribution in [2.75, 3.05) is 0 Å². The van der Waals surface area contributed by atoms with E-state index in [1.165, 1.54) is 30.4 Å². The van der Waals surface area contributed by atoms with Gasteiger partial charge in [0.25, 0.3) is 5.56 Å². The molecule has 0 saturated heterocycles. The number of pyridine rings is 1. The van der Waals surface area contributed by atoms with Crippen LogP contribution in [0.2, 0.25) is 0 Å². The molecule has 21 heavy (non-hydrogen) atoms. The monoisotopic (exact) mass is 282 g/mol. The third kappa shape index (κ3) is 2.54. The van der Waals surface area contributed by atoms with Crippen molar-refractivity contribution in [2.24, 2.45) is 12.8 Å². The van der Waals surface area contributed by atoms with Gasteiger partial charge in [-0.05, 0) is 67.5 Å². The first-order valence-electron chi connectivity index (χ1n) is 7.65. The summed E-state index contributed by atoms with van der Waals surface area (Å²) in [5.74, 6) is 0. The largest absolute Gasteiger partial charge is 0.324 e. The van der Waals surface area contributed by atoms with E-state index in [1.54, 1.807) is 4.57 Å². The summed E-state index contributed by atoms with van der Waals surface area (Å²) in [7, 11) is 1.82. The fourth-order valence-corrected chi connectivity index (χ4v) is 3.18. The Morgan fingerprint density at radius 2 is 1.81 bits per heavy atom. The summed E-state index contributed by atoms with van der Waals surface area (Å²) in [5.41, 5.74) is 11.5. The molecule has 110 valence electrons. The number of hydrogen-bond donors (Lipinski definition) is 1. The van der Waals surface area contributed by atoms with E-state index < -0.39 is 0 Å². The molecule has 1 atom stereocenters. The molecule has 1 heterocycles. The molecule has 1 aromatic heterocycles. The zero-order valence-electron chi connectivity index (χ0n) is 12.7. The maximum Gasteiger partial charge on any atom is 0.255 e. The van der Waals surface area contributed by atoms with Crippen molar-refractivity contribution in [1.82, 2.24) is 4.57 Å². The zero-order chi connectivity index (χ0) is 15.0. The van der Waals surface area contributed by atoms with Crippen LogP contribution in [-0.4, -0.2) is 4.57 Å². The SMILES string of the molecule is CC(N)c1ccc(-c2ccc3c(c2)CCCC3)n(C)c1=O. The topological polar surface area (TPSA) is 48.0 Å². The normalized spacial score (nSPS) is 15.6. The quantitative estimate of drug-likeness (QED) is 0.920. The smallest absolute Gasteiger partial charge is 0.255 e. The van der Waals surface area contributed by atoms with Crippen molar-refractivity contribution >= 4 is 0 Å². The second-order valence-corrected chi connectivity index (χ2v) is 6.02. The molecule has 0 saturated carbocycles. The van der Waals surface area contributed by atoms with Gasteiger partial charge in [-0.25, -0.2) is 0 Å². The molecule has 0 spiro atoms. The Kier molecular flexibility index (Phi) is 3.68. The van der Waals surface area contributed by atoms with Gasteiger partial charge in [-0.3, -0.25) is 4.79 Å². The molecule has 0 fully saturated rings. The van der Waals surface area contributed by atoms with Gasteiger partial charge < -0.3 is 10.3 Å². The molecule has 1 unspecified atom stereocenters. The molecule has 3 nitrogen and oxygen atoms in total. The van der Waals surface area contributed by atoms with Crippen molar-refractivity contribution in [3.63, 3.8) is 0 Å². The highest BCUT2D eigenvalue weighted by Gasteiger charge is 2.13. The lowest BCUT2D eigenvalue weighted by molar-refractivity contribution is 0.685. The highest BCUT2D eigenvalue weighted by atomic mass is 16.1. The lowest BCUT2D eigenvalue weighted by Crippen LogP contribution is -2.26. The van der Waals surface area contributed by atoms with Gasteiger partial charge in [0, 0.05) is 18.7 Å². The molecule has 0 radical (unpaired) electrons. The van der Waals surface area contributed by atoms with Crippen molar-refractivity contribution < 1.29 is 0 Å². The van der Waals surface area contributed by atoms with Crippen LogP contribution in [0.25, 0.3) is 11.3 Å². The number of benzene rings is 1. The molecule has 1 aliphatic carbocycles. The van der Waals surface area contributed by atoms with Gasteiger partial charge in [0.1, 0.15) is 0 Å². The molecule has 2 N–H and O–H groups in total. The molecule has 3 heteroatoms. The molecule has 1 aliphatic rings. The van der Waals surface area contributed by atoms with E-state index in [0.717, 1.165) is 17.7 Å². The van der Waals surface area contributed by atoms with E-state index in [4.69, 9.17) is 5.73 Å². The van der Waals surface area contributed by atoms with E-state index in [-0.39, 0.29) is 11.6 Å². The minimum atomic E-state index is -0.235. The highest BCUT2D eigenvalue weighted by Crippen LogP contribution is 2.27. The summed E-state index contributed by atoms with van der Waals surface area (Å²) in [6, 6.07) is 10.2. The number of nitrogens with zero attached hydrogens (tertiary/aromatic N) is 1. The van der Waals surface area contributed by atoms with Gasteiger partial charge in [-0.15, -0.1) is 0 Å². The van der Waals surface area contributed by atoms with Crippen molar-refractivity contribution in [3.8, 4) is 11.3 Å². The predicted molar refractivity (Wildman–Crippen MR) is 86.4 cm³/mol. The molecule has 2 aromatic rings. The maximum absolute atomic E-state index is 12.4. The Bertz CT molecular complexity index is 728. The van der Waals surface area contributed by atoms with Gasteiger partial charge in [0.15, 0.2) is 0 Å². The van der Waals surface area contributed by atoms with Crippen LogP contribution in [0.1, 0.15) is 42.5 Å². The molecule has 0 bridgehead atoms. The second kappa shape index (κ2) is 5.49. The number of fused-ring (bicyclic) bond motifs is 1. The minimum absolute atomic E-state index is 0.000204. The summed E-state index contributed by atoms with van der Waals surface area (Å²) in [4.78, 5) is 12.4. The van der Waals surface area contributed by atoms with Crippen molar-refractivity contribution in [3.05, 3.63) is 57.4 Å². The van der Waals surface area contributed by atoms with Gasteiger partial charge in [-0.2, -0.15) is 0 Å². The van der Waals surface area contributed by atoms with Crippen LogP contribution in [0.15, 0.2) is 35.1 Å². The Labute approximate surface area is 125 Å². The fraction of sp³-hybridized carbons (Fsp3) is 0.389. The third-order valence-electron chi connectivity index (χ3n) is 4.47. The summed E-state index contributed by atoms with van der Waals surface area (Å²) in [5, 5.41) is 0. The van der Waals surface area contributed by atoms with E-state index in [2.05, 4.69) is 18.2 Å². The fourth-order valence-electron chi connectivity index (χ4n) is 3.18. The summed E-state index contributed by atoms with van der Waals surface area (Å²) < 4.78 is 1.71. The van der Waals surface area contributed by atoms with E-state index in [1.807, 2.05) is 26.1 Å². The van der Waals surface area contributed by atoms with Gasteiger partial charge in [-0.1, -0.05) is 12.1 Å². The Morgan fingerprint density at radius 3 is 2.52 bits per heavy atom. The molecule has 0 aliphatic heterocycles. The molecule has 1 aromatic carbocycles. The van der Waals surface area contributed by atoms with Crippen LogP contribution in [-0.2, 0) is 19.9 Å². The molecule has 3 rings (SSSR count). The Hall–Kier alpha value is -1.87. The number of nitrogens with two attached hydrogens (primary N) is 1. The number of aromatic nitrogens is 1. The van der Waals surface area contributed by atoms with E-state index in [9.17, 15) is 4.79 Å². The van der Waals surface area contributed by atoms with Crippen LogP contribution >= 0.6 is 0 Å². The molecule has 0 amide bonds. The number of aryl methyl sites for hydroxylation is 2. The standard InChI is InChI=1S/C18H22N2O/c1-12(19)16-9-10-17(20(2)18(16)21)15-8-7-13-5-3-4-6-14(13)11-15/h7-12H,3-6,19H2,1-2H3. The summed E-state index contributed by atoms with van der Waals surface area (Å²) in [6.07, 6.45) is 4.88. The minimum Gasteiger partial charge on any atom is -0.324 e. The maximum atomic E-state index is 12.4. The van der Waals surface area contributed by atoms with E-state index >= 15 is 0 Å². The van der Waals surface area contributed by atoms with Crippen molar-refractivity contribution in [2.45, 2.75) is 38.6 Å². The predicted octanol–water partition coefficient (Wildman–Crippen LogP) is 2.95. The lowest BCUT2D eigenvalue weighted by Gasteiger charge is -2.18. The first kappa shape index (κ1) is 14.1. The third-order valence-corrected chi connectivity index (χ3v) is 4.47. The van der Waals surface area contributed by atoms with Crippen LogP contribution in [0, 0.1) is 0 Å². The highest BCUT2D eigenvalue weighted by molar-refractivity contribution is 5.62. The Morgan fingerprint density at radius 1 is 1.10 bits per heavy atom. The van der Waals surface area contributed by atoms with Gasteiger partial charge >= 0.3 is 0 Å². The van der Waals surface area contributed by atoms with Gasteiger partial charge in [0.05, 0.1) is 5.69 Å². The average Bonchev–Trinajstić information content (AvgIpc) is 2.49. The zero-order valence-corrected chi connectivity index (χ0v) is 12.7. The number of hydrogen-bond acceptors (Lipinski definition) is 2. The van der Waals surface area contributed by atoms with Crippen LogP contribution < -0.4 is 11.3 Å². The first-order valence-corrected chi connectivity index (χ1v) is 7.65. The lowest BCUT2D eigenvalue weighted by atomic mass is 9.90. The van der Waals surface area contributed by atoms with E-state index in [0.29, 0.717) is 5.56 Å². The summed E-state index contributed by atoms with van der Waals surface area (Å²) in [6.45, 7) is 1.84. The molecular weight excluding hydrogens is 260 g/mol. The summed E-state index contributed by atoms with van der Waals surface area (Å²) >= 11 is 0. The van der Waals surface area contributed by atoms with Crippen LogP contribution in [0.3, 0.4) is 0 Å². The first-order chi connectivity index (χ1) is 10.1. The number of rotatable bonds is 2. The Balaban J connectivity index is 2.09. The molecular formula is C18H22N2O.